The molecule has 2 amide bonds. The van der Waals surface area contributed by atoms with Gasteiger partial charge in [-0.3, -0.25) is 10.2 Å². The third kappa shape index (κ3) is 7.96. The molecule has 0 bridgehead atoms. The minimum Gasteiger partial charge on any atom is -0.489 e. The molecule has 0 aliphatic rings. The molecule has 0 saturated heterocycles. The van der Waals surface area contributed by atoms with Gasteiger partial charge >= 0.3 is 6.03 Å². The molecule has 152 valence electrons. The zero-order valence-corrected chi connectivity index (χ0v) is 16.9. The van der Waals surface area contributed by atoms with Gasteiger partial charge in [-0.05, 0) is 43.9 Å². The van der Waals surface area contributed by atoms with E-state index in [1.165, 1.54) is 0 Å². The lowest BCUT2D eigenvalue weighted by atomic mass is 9.97. The number of primary amides is 1. The summed E-state index contributed by atoms with van der Waals surface area (Å²) in [5.41, 5.74) is 11.7. The van der Waals surface area contributed by atoms with E-state index < -0.39 is 6.03 Å². The molecular formula is C20H27ClN4O3. The fourth-order valence-corrected chi connectivity index (χ4v) is 2.63. The second kappa shape index (κ2) is 12.0. The van der Waals surface area contributed by atoms with Crippen LogP contribution in [0.5, 0.6) is 5.75 Å². The van der Waals surface area contributed by atoms with Gasteiger partial charge in [-0.15, -0.1) is 12.4 Å². The summed E-state index contributed by atoms with van der Waals surface area (Å²) in [5, 5.41) is 0. The Balaban J connectivity index is 0.00000392. The van der Waals surface area contributed by atoms with Gasteiger partial charge in [-0.25, -0.2) is 10.2 Å². The van der Waals surface area contributed by atoms with E-state index in [-0.39, 0.29) is 30.7 Å². The number of nitrogens with zero attached hydrogens (tertiary/aromatic N) is 1. The summed E-state index contributed by atoms with van der Waals surface area (Å²) >= 11 is 0. The van der Waals surface area contributed by atoms with Gasteiger partial charge < -0.3 is 15.4 Å². The maximum atomic E-state index is 12.8. The zero-order chi connectivity index (χ0) is 19.6. The Morgan fingerprint density at radius 3 is 2.29 bits per heavy atom. The number of urea groups is 1. The minimum atomic E-state index is -0.689. The molecule has 2 aromatic carbocycles. The molecule has 0 heterocycles. The average Bonchev–Trinajstić information content (AvgIpc) is 2.66. The Bertz CT molecular complexity index is 739. The molecule has 0 aliphatic heterocycles. The van der Waals surface area contributed by atoms with E-state index in [2.05, 4.69) is 10.9 Å². The maximum absolute atomic E-state index is 12.8. The molecule has 2 rings (SSSR count). The number of ketones is 1. The molecule has 1 unspecified atom stereocenters. The van der Waals surface area contributed by atoms with E-state index in [4.69, 9.17) is 10.5 Å². The van der Waals surface area contributed by atoms with E-state index >= 15 is 0 Å². The Kier molecular flexibility index (Phi) is 10.0. The van der Waals surface area contributed by atoms with Gasteiger partial charge in [-0.1, -0.05) is 30.3 Å². The summed E-state index contributed by atoms with van der Waals surface area (Å²) < 4.78 is 5.75. The highest BCUT2D eigenvalue weighted by atomic mass is 35.5. The number of amides is 2. The normalized spacial score (nSPS) is 11.4. The first-order chi connectivity index (χ1) is 13.0. The van der Waals surface area contributed by atoms with Crippen molar-refractivity contribution in [2.45, 2.75) is 6.61 Å². The topological polar surface area (TPSA) is 96.7 Å². The van der Waals surface area contributed by atoms with Gasteiger partial charge in [0, 0.05) is 24.6 Å². The predicted molar refractivity (Wildman–Crippen MR) is 112 cm³/mol. The number of hydrogen-bond acceptors (Lipinski definition) is 5. The van der Waals surface area contributed by atoms with Crippen LogP contribution >= 0.6 is 12.4 Å². The summed E-state index contributed by atoms with van der Waals surface area (Å²) in [6.45, 7) is 1.30. The Morgan fingerprint density at radius 1 is 1.07 bits per heavy atom. The van der Waals surface area contributed by atoms with Crippen LogP contribution in [0.25, 0.3) is 0 Å². The molecule has 28 heavy (non-hydrogen) atoms. The SMILES string of the molecule is CN(C)CC(CNNC(N)=O)C(=O)c1ccc(OCc2ccccc2)cc1.Cl. The molecule has 8 heteroatoms. The molecule has 0 aliphatic carbocycles. The standard InChI is InChI=1S/C20H26N4O3.ClH/c1-24(2)13-17(12-22-23-20(21)26)19(25)16-8-10-18(11-9-16)27-14-15-6-4-3-5-7-15;/h3-11,17,22H,12-14H2,1-2H3,(H3,21,23,26);1H. The lowest BCUT2D eigenvalue weighted by Crippen LogP contribution is -2.46. The van der Waals surface area contributed by atoms with Crippen molar-refractivity contribution >= 4 is 24.2 Å². The molecule has 2 aromatic rings. The van der Waals surface area contributed by atoms with Crippen LogP contribution in [0.2, 0.25) is 0 Å². The smallest absolute Gasteiger partial charge is 0.326 e. The van der Waals surface area contributed by atoms with Crippen LogP contribution in [-0.2, 0) is 6.61 Å². The third-order valence-corrected chi connectivity index (χ3v) is 3.90. The molecule has 0 aromatic heterocycles. The quantitative estimate of drug-likeness (QED) is 0.415. The molecule has 7 nitrogen and oxygen atoms in total. The summed E-state index contributed by atoms with van der Waals surface area (Å²) in [6, 6.07) is 16.3. The van der Waals surface area contributed by atoms with Crippen molar-refractivity contribution in [2.75, 3.05) is 27.2 Å². The largest absolute Gasteiger partial charge is 0.489 e. The lowest BCUT2D eigenvalue weighted by Gasteiger charge is -2.20. The number of nitrogens with two attached hydrogens (primary N) is 1. The number of carbonyl (C=O) groups is 2. The van der Waals surface area contributed by atoms with Gasteiger partial charge in [0.15, 0.2) is 5.78 Å². The number of hydrazine groups is 1. The molecule has 4 N–H and O–H groups in total. The first kappa shape index (κ1) is 23.4. The van der Waals surface area contributed by atoms with E-state index in [0.717, 1.165) is 5.56 Å². The van der Waals surface area contributed by atoms with Gasteiger partial charge in [0.25, 0.3) is 0 Å². The van der Waals surface area contributed by atoms with Crippen LogP contribution in [0, 0.1) is 5.92 Å². The van der Waals surface area contributed by atoms with E-state index in [9.17, 15) is 9.59 Å². The number of hydrogen-bond donors (Lipinski definition) is 3. The maximum Gasteiger partial charge on any atom is 0.326 e. The van der Waals surface area contributed by atoms with Crippen molar-refractivity contribution in [1.82, 2.24) is 15.8 Å². The third-order valence-electron chi connectivity index (χ3n) is 3.90. The van der Waals surface area contributed by atoms with Crippen molar-refractivity contribution in [3.63, 3.8) is 0 Å². The fraction of sp³-hybridized carbons (Fsp3) is 0.300. The van der Waals surface area contributed by atoms with Crippen molar-refractivity contribution in [2.24, 2.45) is 11.7 Å². The van der Waals surface area contributed by atoms with Crippen molar-refractivity contribution in [3.05, 3.63) is 65.7 Å². The summed E-state index contributed by atoms with van der Waals surface area (Å²) in [7, 11) is 3.78. The second-order valence-electron chi connectivity index (χ2n) is 6.49. The minimum absolute atomic E-state index is 0. The van der Waals surface area contributed by atoms with E-state index in [0.29, 0.717) is 24.5 Å². The van der Waals surface area contributed by atoms with Crippen molar-refractivity contribution < 1.29 is 14.3 Å². The summed E-state index contributed by atoms with van der Waals surface area (Å²) in [5.74, 6) is 0.355. The van der Waals surface area contributed by atoms with Gasteiger partial charge in [0.2, 0.25) is 0 Å². The van der Waals surface area contributed by atoms with Crippen LogP contribution in [0.4, 0.5) is 4.79 Å². The summed E-state index contributed by atoms with van der Waals surface area (Å²) in [4.78, 5) is 25.5. The lowest BCUT2D eigenvalue weighted by molar-refractivity contribution is 0.0893. The van der Waals surface area contributed by atoms with Crippen LogP contribution in [0.15, 0.2) is 54.6 Å². The van der Waals surface area contributed by atoms with Crippen molar-refractivity contribution in [3.8, 4) is 5.75 Å². The second-order valence-corrected chi connectivity index (χ2v) is 6.49. The Labute approximate surface area is 171 Å². The molecule has 0 spiro atoms. The molecule has 0 radical (unpaired) electrons. The highest BCUT2D eigenvalue weighted by Crippen LogP contribution is 2.17. The number of rotatable bonds is 10. The number of halogens is 1. The fourth-order valence-electron chi connectivity index (χ4n) is 2.63. The average molecular weight is 407 g/mol. The van der Waals surface area contributed by atoms with E-state index in [1.807, 2.05) is 49.3 Å². The number of Topliss-reactive ketones (excluding diaryl/α,β-unsaturated/α-hetero) is 1. The predicted octanol–water partition coefficient (Wildman–Crippen LogP) is 2.22. The van der Waals surface area contributed by atoms with Gasteiger partial charge in [0.05, 0.1) is 0 Å². The zero-order valence-electron chi connectivity index (χ0n) is 16.1. The first-order valence-corrected chi connectivity index (χ1v) is 8.69. The highest BCUT2D eigenvalue weighted by molar-refractivity contribution is 5.98. The molecule has 0 fully saturated rings. The van der Waals surface area contributed by atoms with Gasteiger partial charge in [-0.2, -0.15) is 0 Å². The number of carbonyl (C=O) groups excluding carboxylic acids is 2. The first-order valence-electron chi connectivity index (χ1n) is 8.69. The summed E-state index contributed by atoms with van der Waals surface area (Å²) in [6.07, 6.45) is 0. The van der Waals surface area contributed by atoms with Crippen molar-refractivity contribution in [1.29, 1.82) is 0 Å². The van der Waals surface area contributed by atoms with Crippen LogP contribution in [0.3, 0.4) is 0 Å². The molecule has 1 atom stereocenters. The highest BCUT2D eigenvalue weighted by Gasteiger charge is 2.21. The van der Waals surface area contributed by atoms with E-state index in [1.54, 1.807) is 24.3 Å². The monoisotopic (exact) mass is 406 g/mol. The Morgan fingerprint density at radius 2 is 1.71 bits per heavy atom. The number of nitrogens with one attached hydrogen (secondary N) is 2. The van der Waals surface area contributed by atoms with Crippen LogP contribution in [-0.4, -0.2) is 43.9 Å². The Hall–Kier alpha value is -2.61. The number of benzene rings is 2. The van der Waals surface area contributed by atoms with Crippen LogP contribution in [0.1, 0.15) is 15.9 Å². The van der Waals surface area contributed by atoms with Crippen LogP contribution < -0.4 is 21.3 Å². The molecular weight excluding hydrogens is 380 g/mol. The number of ether oxygens (including phenoxy) is 1. The van der Waals surface area contributed by atoms with Gasteiger partial charge in [0.1, 0.15) is 12.4 Å². The molecule has 0 saturated carbocycles.